The number of halogens is 1. The summed E-state index contributed by atoms with van der Waals surface area (Å²) >= 11 is 5.07. The summed E-state index contributed by atoms with van der Waals surface area (Å²) < 4.78 is 0. The van der Waals surface area contributed by atoms with Crippen molar-refractivity contribution in [1.29, 1.82) is 0 Å². The number of alkyl halides is 1. The number of nitrogens with one attached hydrogen (secondary N) is 1. The van der Waals surface area contributed by atoms with Gasteiger partial charge in [-0.25, -0.2) is 0 Å². The minimum Gasteiger partial charge on any atom is -0.350 e. The van der Waals surface area contributed by atoms with Crippen molar-refractivity contribution in [2.24, 2.45) is 0 Å². The molecule has 0 fully saturated rings. The molecular formula is C12H18BrNOS. The number of carbonyl (C=O) groups is 1. The lowest BCUT2D eigenvalue weighted by Crippen LogP contribution is -2.29. The van der Waals surface area contributed by atoms with Crippen LogP contribution in [0.3, 0.4) is 0 Å². The molecule has 1 rings (SSSR count). The number of amides is 1. The summed E-state index contributed by atoms with van der Waals surface area (Å²) in [7, 11) is 0. The van der Waals surface area contributed by atoms with Crippen LogP contribution in [0, 0.1) is 0 Å². The van der Waals surface area contributed by atoms with Crippen molar-refractivity contribution in [2.75, 3.05) is 6.54 Å². The Balaban J connectivity index is 2.46. The quantitative estimate of drug-likeness (QED) is 0.799. The summed E-state index contributed by atoms with van der Waals surface area (Å²) in [5, 5.41) is 4.95. The van der Waals surface area contributed by atoms with Crippen LogP contribution in [0.2, 0.25) is 0 Å². The number of rotatable bonds is 6. The highest BCUT2D eigenvalue weighted by Crippen LogP contribution is 2.17. The van der Waals surface area contributed by atoms with Crippen molar-refractivity contribution in [3.8, 4) is 0 Å². The van der Waals surface area contributed by atoms with E-state index in [0.29, 0.717) is 11.4 Å². The lowest BCUT2D eigenvalue weighted by Gasteiger charge is -2.09. The van der Waals surface area contributed by atoms with Crippen molar-refractivity contribution < 1.29 is 4.79 Å². The molecule has 1 aromatic rings. The molecule has 0 aliphatic heterocycles. The van der Waals surface area contributed by atoms with Gasteiger partial charge in [0.05, 0.1) is 4.88 Å². The Bertz CT molecular complexity index is 338. The van der Waals surface area contributed by atoms with E-state index in [-0.39, 0.29) is 5.91 Å². The van der Waals surface area contributed by atoms with Gasteiger partial charge in [-0.2, -0.15) is 0 Å². The molecule has 1 aromatic heterocycles. The van der Waals surface area contributed by atoms with E-state index in [1.165, 1.54) is 11.3 Å². The Morgan fingerprint density at radius 1 is 1.56 bits per heavy atom. The maximum absolute atomic E-state index is 11.9. The number of hydrogen-bond acceptors (Lipinski definition) is 2. The summed E-state index contributed by atoms with van der Waals surface area (Å²) in [5.74, 6) is 0.0624. The molecule has 1 N–H and O–H groups in total. The van der Waals surface area contributed by atoms with Crippen LogP contribution in [0.4, 0.5) is 0 Å². The van der Waals surface area contributed by atoms with Gasteiger partial charge in [-0.05, 0) is 29.9 Å². The summed E-state index contributed by atoms with van der Waals surface area (Å²) in [4.78, 5) is 13.1. The molecule has 90 valence electrons. The van der Waals surface area contributed by atoms with E-state index in [0.717, 1.165) is 29.7 Å². The third-order valence-corrected chi connectivity index (χ3v) is 4.16. The summed E-state index contributed by atoms with van der Waals surface area (Å²) in [5.41, 5.74) is 1.14. The van der Waals surface area contributed by atoms with Crippen LogP contribution in [0.15, 0.2) is 11.4 Å². The van der Waals surface area contributed by atoms with Gasteiger partial charge in [0.25, 0.3) is 5.91 Å². The Labute approximate surface area is 110 Å². The highest BCUT2D eigenvalue weighted by atomic mass is 79.9. The zero-order valence-electron chi connectivity index (χ0n) is 9.75. The molecule has 1 heterocycles. The average molecular weight is 304 g/mol. The van der Waals surface area contributed by atoms with Crippen LogP contribution in [-0.4, -0.2) is 17.3 Å². The van der Waals surface area contributed by atoms with Crippen molar-refractivity contribution in [3.05, 3.63) is 21.9 Å². The van der Waals surface area contributed by atoms with Gasteiger partial charge in [-0.15, -0.1) is 11.3 Å². The Morgan fingerprint density at radius 3 is 2.94 bits per heavy atom. The number of hydrogen-bond donors (Lipinski definition) is 1. The van der Waals surface area contributed by atoms with Gasteiger partial charge in [0.1, 0.15) is 0 Å². The number of thiophene rings is 1. The fourth-order valence-corrected chi connectivity index (χ4v) is 3.04. The minimum atomic E-state index is 0.0624. The maximum Gasteiger partial charge on any atom is 0.261 e. The van der Waals surface area contributed by atoms with Gasteiger partial charge in [0.2, 0.25) is 0 Å². The second-order valence-corrected chi connectivity index (χ2v) is 5.94. The Kier molecular flexibility index (Phi) is 6.06. The van der Waals surface area contributed by atoms with E-state index >= 15 is 0 Å². The molecule has 1 atom stereocenters. The van der Waals surface area contributed by atoms with Crippen LogP contribution < -0.4 is 5.32 Å². The predicted molar refractivity (Wildman–Crippen MR) is 73.7 cm³/mol. The molecule has 16 heavy (non-hydrogen) atoms. The third-order valence-electron chi connectivity index (χ3n) is 2.42. The fraction of sp³-hybridized carbons (Fsp3) is 0.583. The summed E-state index contributed by atoms with van der Waals surface area (Å²) in [6.07, 6.45) is 3.13. The lowest BCUT2D eigenvalue weighted by atomic mass is 10.2. The Hall–Kier alpha value is -0.350. The van der Waals surface area contributed by atoms with E-state index < -0.39 is 0 Å². The summed E-state index contributed by atoms with van der Waals surface area (Å²) in [6, 6.07) is 2.03. The molecule has 0 aliphatic rings. The zero-order valence-corrected chi connectivity index (χ0v) is 12.2. The molecule has 0 spiro atoms. The largest absolute Gasteiger partial charge is 0.350 e. The van der Waals surface area contributed by atoms with Gasteiger partial charge in [-0.1, -0.05) is 36.2 Å². The molecule has 0 aliphatic carbocycles. The minimum absolute atomic E-state index is 0.0624. The number of aryl methyl sites for hydroxylation is 1. The molecule has 0 bridgehead atoms. The topological polar surface area (TPSA) is 29.1 Å². The van der Waals surface area contributed by atoms with Gasteiger partial charge >= 0.3 is 0 Å². The predicted octanol–water partition coefficient (Wildman–Crippen LogP) is 3.60. The SMILES string of the molecule is CCCC(Br)CNC(=O)c1sccc1CC. The summed E-state index contributed by atoms with van der Waals surface area (Å²) in [6.45, 7) is 4.92. The maximum atomic E-state index is 11.9. The van der Waals surface area contributed by atoms with Crippen molar-refractivity contribution in [1.82, 2.24) is 5.32 Å². The van der Waals surface area contributed by atoms with Gasteiger partial charge in [-0.3, -0.25) is 4.79 Å². The van der Waals surface area contributed by atoms with Crippen molar-refractivity contribution in [3.63, 3.8) is 0 Å². The smallest absolute Gasteiger partial charge is 0.261 e. The highest BCUT2D eigenvalue weighted by molar-refractivity contribution is 9.09. The zero-order chi connectivity index (χ0) is 12.0. The van der Waals surface area contributed by atoms with Crippen LogP contribution >= 0.6 is 27.3 Å². The van der Waals surface area contributed by atoms with Crippen LogP contribution in [0.25, 0.3) is 0 Å². The molecular weight excluding hydrogens is 286 g/mol. The van der Waals surface area contributed by atoms with Crippen molar-refractivity contribution in [2.45, 2.75) is 37.9 Å². The van der Waals surface area contributed by atoms with Crippen LogP contribution in [-0.2, 0) is 6.42 Å². The second-order valence-electron chi connectivity index (χ2n) is 3.72. The molecule has 1 amide bonds. The van der Waals surface area contributed by atoms with E-state index in [1.807, 2.05) is 11.4 Å². The monoisotopic (exact) mass is 303 g/mol. The molecule has 0 aromatic carbocycles. The van der Waals surface area contributed by atoms with E-state index in [4.69, 9.17) is 0 Å². The molecule has 4 heteroatoms. The lowest BCUT2D eigenvalue weighted by molar-refractivity contribution is 0.0957. The first-order valence-electron chi connectivity index (χ1n) is 5.67. The standard InChI is InChI=1S/C12H18BrNOS/c1-3-5-10(13)8-14-12(15)11-9(4-2)6-7-16-11/h6-7,10H,3-5,8H2,1-2H3,(H,14,15). The van der Waals surface area contributed by atoms with Crippen LogP contribution in [0.1, 0.15) is 41.9 Å². The Morgan fingerprint density at radius 2 is 2.31 bits per heavy atom. The first-order valence-corrected chi connectivity index (χ1v) is 7.47. The first-order chi connectivity index (χ1) is 7.69. The number of carbonyl (C=O) groups excluding carboxylic acids is 1. The second kappa shape index (κ2) is 7.07. The highest BCUT2D eigenvalue weighted by Gasteiger charge is 2.12. The molecule has 0 radical (unpaired) electrons. The normalized spacial score (nSPS) is 12.4. The van der Waals surface area contributed by atoms with Gasteiger partial charge < -0.3 is 5.32 Å². The third kappa shape index (κ3) is 3.91. The van der Waals surface area contributed by atoms with Crippen LogP contribution in [0.5, 0.6) is 0 Å². The van der Waals surface area contributed by atoms with E-state index in [2.05, 4.69) is 35.1 Å². The fourth-order valence-electron chi connectivity index (χ4n) is 1.51. The van der Waals surface area contributed by atoms with Gasteiger partial charge in [0, 0.05) is 11.4 Å². The molecule has 2 nitrogen and oxygen atoms in total. The van der Waals surface area contributed by atoms with Gasteiger partial charge in [0.15, 0.2) is 0 Å². The van der Waals surface area contributed by atoms with E-state index in [9.17, 15) is 4.79 Å². The molecule has 0 saturated carbocycles. The molecule has 0 saturated heterocycles. The molecule has 1 unspecified atom stereocenters. The first kappa shape index (κ1) is 13.7. The van der Waals surface area contributed by atoms with Crippen molar-refractivity contribution >= 4 is 33.2 Å². The average Bonchev–Trinajstić information content (AvgIpc) is 2.74. The van der Waals surface area contributed by atoms with E-state index in [1.54, 1.807) is 0 Å².